The predicted octanol–water partition coefficient (Wildman–Crippen LogP) is 1.14. The van der Waals surface area contributed by atoms with E-state index < -0.39 is 0 Å². The molecule has 2 N–H and O–H groups in total. The average Bonchev–Trinajstić information content (AvgIpc) is 2.52. The Bertz CT molecular complexity index is 306. The molecule has 2 aliphatic heterocycles. The number of hydrogen-bond donors (Lipinski definition) is 2. The van der Waals surface area contributed by atoms with Crippen LogP contribution in [0.3, 0.4) is 0 Å². The van der Waals surface area contributed by atoms with E-state index >= 15 is 0 Å². The van der Waals surface area contributed by atoms with Crippen LogP contribution < -0.4 is 10.6 Å². The van der Waals surface area contributed by atoms with Crippen LogP contribution in [0.5, 0.6) is 0 Å². The number of rotatable bonds is 7. The Labute approximate surface area is 128 Å². The van der Waals surface area contributed by atoms with Gasteiger partial charge < -0.3 is 20.3 Å². The van der Waals surface area contributed by atoms with Crippen molar-refractivity contribution in [2.45, 2.75) is 57.6 Å². The lowest BCUT2D eigenvalue weighted by Gasteiger charge is -2.33. The molecule has 2 heterocycles. The van der Waals surface area contributed by atoms with Crippen molar-refractivity contribution in [2.75, 3.05) is 39.3 Å². The van der Waals surface area contributed by atoms with Crippen molar-refractivity contribution in [1.29, 1.82) is 0 Å². The second-order valence-electron chi connectivity index (χ2n) is 6.34. The van der Waals surface area contributed by atoms with Gasteiger partial charge >= 0.3 is 0 Å². The minimum atomic E-state index is 0.0280. The maximum absolute atomic E-state index is 11.7. The minimum absolute atomic E-state index is 0.0280. The van der Waals surface area contributed by atoms with E-state index in [0.717, 1.165) is 45.4 Å². The van der Waals surface area contributed by atoms with Crippen molar-refractivity contribution in [3.05, 3.63) is 0 Å². The Hall–Kier alpha value is -0.650. The smallest absolute Gasteiger partial charge is 0.246 e. The maximum atomic E-state index is 11.7. The van der Waals surface area contributed by atoms with Crippen molar-refractivity contribution >= 4 is 5.91 Å². The summed E-state index contributed by atoms with van der Waals surface area (Å²) < 4.78 is 5.65. The first-order valence-corrected chi connectivity index (χ1v) is 8.59. The lowest BCUT2D eigenvalue weighted by Crippen LogP contribution is -2.40. The van der Waals surface area contributed by atoms with Crippen LogP contribution in [0.2, 0.25) is 0 Å². The first-order valence-electron chi connectivity index (χ1n) is 8.59. The Balaban J connectivity index is 1.48. The Kier molecular flexibility index (Phi) is 7.47. The van der Waals surface area contributed by atoms with Crippen molar-refractivity contribution in [3.63, 3.8) is 0 Å². The molecule has 0 radical (unpaired) electrons. The number of piperidine rings is 2. The number of carbonyl (C=O) groups excluding carboxylic acids is 1. The zero-order chi connectivity index (χ0) is 14.9. The molecular weight excluding hydrogens is 266 g/mol. The van der Waals surface area contributed by atoms with Crippen molar-refractivity contribution in [1.82, 2.24) is 15.5 Å². The third kappa shape index (κ3) is 6.32. The Morgan fingerprint density at radius 3 is 2.86 bits per heavy atom. The molecule has 0 spiro atoms. The molecule has 2 saturated heterocycles. The molecule has 0 saturated carbocycles. The van der Waals surface area contributed by atoms with Crippen LogP contribution in [0.1, 0.15) is 45.4 Å². The Morgan fingerprint density at radius 2 is 2.10 bits per heavy atom. The SMILES string of the molecule is CC1CCCCN1CCCNC(=O)COC1CCNCC1. The zero-order valence-electron chi connectivity index (χ0n) is 13.4. The Morgan fingerprint density at radius 1 is 1.29 bits per heavy atom. The van der Waals surface area contributed by atoms with Gasteiger partial charge in [-0.3, -0.25) is 4.79 Å². The van der Waals surface area contributed by atoms with Crippen LogP contribution in [0.25, 0.3) is 0 Å². The molecule has 1 unspecified atom stereocenters. The molecule has 1 atom stereocenters. The maximum Gasteiger partial charge on any atom is 0.246 e. The molecule has 2 aliphatic rings. The van der Waals surface area contributed by atoms with Gasteiger partial charge in [0.05, 0.1) is 6.10 Å². The first-order chi connectivity index (χ1) is 10.3. The van der Waals surface area contributed by atoms with Gasteiger partial charge in [-0.05, 0) is 58.7 Å². The molecule has 2 fully saturated rings. The summed E-state index contributed by atoms with van der Waals surface area (Å²) in [5, 5.41) is 6.26. The van der Waals surface area contributed by atoms with Gasteiger partial charge in [0.2, 0.25) is 5.91 Å². The normalized spacial score (nSPS) is 24.9. The van der Waals surface area contributed by atoms with Crippen molar-refractivity contribution in [3.8, 4) is 0 Å². The number of ether oxygens (including phenoxy) is 1. The van der Waals surface area contributed by atoms with Gasteiger partial charge in [0.15, 0.2) is 0 Å². The van der Waals surface area contributed by atoms with Crippen molar-refractivity contribution < 1.29 is 9.53 Å². The van der Waals surface area contributed by atoms with Gasteiger partial charge in [0.25, 0.3) is 0 Å². The van der Waals surface area contributed by atoms with E-state index in [-0.39, 0.29) is 18.6 Å². The molecule has 5 nitrogen and oxygen atoms in total. The molecule has 0 aromatic rings. The predicted molar refractivity (Wildman–Crippen MR) is 84.4 cm³/mol. The largest absolute Gasteiger partial charge is 0.368 e. The molecular formula is C16H31N3O2. The highest BCUT2D eigenvalue weighted by Crippen LogP contribution is 2.16. The molecule has 5 heteroatoms. The van der Waals surface area contributed by atoms with Crippen LogP contribution in [-0.4, -0.2) is 62.3 Å². The van der Waals surface area contributed by atoms with Crippen molar-refractivity contribution in [2.24, 2.45) is 0 Å². The summed E-state index contributed by atoms with van der Waals surface area (Å²) in [5.41, 5.74) is 0. The molecule has 21 heavy (non-hydrogen) atoms. The fraction of sp³-hybridized carbons (Fsp3) is 0.938. The lowest BCUT2D eigenvalue weighted by molar-refractivity contribution is -0.128. The van der Waals surface area contributed by atoms with Gasteiger partial charge in [-0.1, -0.05) is 6.42 Å². The topological polar surface area (TPSA) is 53.6 Å². The molecule has 0 aliphatic carbocycles. The lowest BCUT2D eigenvalue weighted by atomic mass is 10.0. The molecule has 0 bridgehead atoms. The highest BCUT2D eigenvalue weighted by atomic mass is 16.5. The average molecular weight is 297 g/mol. The second-order valence-corrected chi connectivity index (χ2v) is 6.34. The summed E-state index contributed by atoms with van der Waals surface area (Å²) in [5.74, 6) is 0.0280. The quantitative estimate of drug-likeness (QED) is 0.692. The summed E-state index contributed by atoms with van der Waals surface area (Å²) in [6.45, 7) is 7.60. The van der Waals surface area contributed by atoms with Gasteiger partial charge in [-0.2, -0.15) is 0 Å². The number of nitrogens with one attached hydrogen (secondary N) is 2. The highest BCUT2D eigenvalue weighted by Gasteiger charge is 2.17. The minimum Gasteiger partial charge on any atom is -0.368 e. The highest BCUT2D eigenvalue weighted by molar-refractivity contribution is 5.77. The second kappa shape index (κ2) is 9.38. The van der Waals surface area contributed by atoms with Crippen LogP contribution >= 0.6 is 0 Å². The van der Waals surface area contributed by atoms with E-state index in [0.29, 0.717) is 6.04 Å². The zero-order valence-corrected chi connectivity index (χ0v) is 13.4. The molecule has 2 rings (SSSR count). The summed E-state index contributed by atoms with van der Waals surface area (Å²) in [7, 11) is 0. The molecule has 1 amide bonds. The number of nitrogens with zero attached hydrogens (tertiary/aromatic N) is 1. The summed E-state index contributed by atoms with van der Waals surface area (Å²) in [6, 6.07) is 0.706. The third-order valence-electron chi connectivity index (χ3n) is 4.62. The van der Waals surface area contributed by atoms with E-state index in [1.54, 1.807) is 0 Å². The van der Waals surface area contributed by atoms with E-state index in [4.69, 9.17) is 4.74 Å². The van der Waals surface area contributed by atoms with Crippen LogP contribution in [0, 0.1) is 0 Å². The number of likely N-dealkylation sites (tertiary alicyclic amines) is 1. The number of hydrogen-bond acceptors (Lipinski definition) is 4. The molecule has 0 aromatic carbocycles. The molecule has 0 aromatic heterocycles. The van der Waals surface area contributed by atoms with Gasteiger partial charge in [0.1, 0.15) is 6.61 Å². The molecule has 122 valence electrons. The summed E-state index contributed by atoms with van der Waals surface area (Å²) >= 11 is 0. The van der Waals surface area contributed by atoms with E-state index in [9.17, 15) is 4.79 Å². The first kappa shape index (κ1) is 16.7. The third-order valence-corrected chi connectivity index (χ3v) is 4.62. The number of amides is 1. The summed E-state index contributed by atoms with van der Waals surface area (Å²) in [4.78, 5) is 14.3. The van der Waals surface area contributed by atoms with E-state index in [1.807, 2.05) is 0 Å². The van der Waals surface area contributed by atoms with Gasteiger partial charge in [0, 0.05) is 19.1 Å². The van der Waals surface area contributed by atoms with Crippen LogP contribution in [-0.2, 0) is 9.53 Å². The van der Waals surface area contributed by atoms with Crippen LogP contribution in [0.15, 0.2) is 0 Å². The summed E-state index contributed by atoms with van der Waals surface area (Å²) in [6.07, 6.45) is 7.31. The fourth-order valence-corrected chi connectivity index (χ4v) is 3.21. The van der Waals surface area contributed by atoms with Crippen LogP contribution in [0.4, 0.5) is 0 Å². The standard InChI is InChI=1S/C16H31N3O2/c1-14-5-2-3-11-19(14)12-4-8-18-16(20)13-21-15-6-9-17-10-7-15/h14-15,17H,2-13H2,1H3,(H,18,20). The fourth-order valence-electron chi connectivity index (χ4n) is 3.21. The number of carbonyl (C=O) groups is 1. The van der Waals surface area contributed by atoms with Gasteiger partial charge in [-0.25, -0.2) is 0 Å². The van der Waals surface area contributed by atoms with E-state index in [2.05, 4.69) is 22.5 Å². The van der Waals surface area contributed by atoms with Gasteiger partial charge in [-0.15, -0.1) is 0 Å². The van der Waals surface area contributed by atoms with E-state index in [1.165, 1.54) is 25.8 Å². The monoisotopic (exact) mass is 297 g/mol.